The summed E-state index contributed by atoms with van der Waals surface area (Å²) in [7, 11) is 0. The zero-order valence-corrected chi connectivity index (χ0v) is 16.8. The van der Waals surface area contributed by atoms with E-state index in [1.165, 1.54) is 29.6 Å². The lowest BCUT2D eigenvalue weighted by Gasteiger charge is -2.30. The Bertz CT molecular complexity index is 1020. The molecule has 0 unspecified atom stereocenters. The quantitative estimate of drug-likeness (QED) is 0.660. The second-order valence-corrected chi connectivity index (χ2v) is 8.53. The van der Waals surface area contributed by atoms with Crippen LogP contribution in [0.4, 0.5) is 5.13 Å². The van der Waals surface area contributed by atoms with E-state index >= 15 is 0 Å². The van der Waals surface area contributed by atoms with Crippen LogP contribution in [0.25, 0.3) is 10.2 Å². The molecule has 1 N–H and O–H groups in total. The van der Waals surface area contributed by atoms with Crippen LogP contribution in [-0.2, 0) is 4.79 Å². The van der Waals surface area contributed by atoms with Gasteiger partial charge in [0.05, 0.1) is 10.2 Å². The van der Waals surface area contributed by atoms with Gasteiger partial charge in [-0.25, -0.2) is 9.97 Å². The summed E-state index contributed by atoms with van der Waals surface area (Å²) in [6.45, 7) is 2.41. The normalized spacial score (nSPS) is 15.0. The van der Waals surface area contributed by atoms with Crippen LogP contribution < -0.4 is 5.32 Å². The molecular formula is C19H18N4O3S2. The maximum atomic E-state index is 12.8. The van der Waals surface area contributed by atoms with Crippen molar-refractivity contribution in [3.63, 3.8) is 0 Å². The molecular weight excluding hydrogens is 396 g/mol. The number of amides is 2. The fourth-order valence-corrected chi connectivity index (χ4v) is 4.95. The van der Waals surface area contributed by atoms with Gasteiger partial charge in [0.25, 0.3) is 5.91 Å². The Balaban J connectivity index is 1.38. The van der Waals surface area contributed by atoms with Gasteiger partial charge < -0.3 is 10.2 Å². The second kappa shape index (κ2) is 7.76. The molecule has 0 saturated carbocycles. The molecule has 0 spiro atoms. The summed E-state index contributed by atoms with van der Waals surface area (Å²) in [5.74, 6) is -0.439. The highest BCUT2D eigenvalue weighted by atomic mass is 32.1. The summed E-state index contributed by atoms with van der Waals surface area (Å²) in [5, 5.41) is 5.19. The van der Waals surface area contributed by atoms with Gasteiger partial charge in [0, 0.05) is 31.3 Å². The summed E-state index contributed by atoms with van der Waals surface area (Å²) < 4.78 is 1.01. The number of hydrogen-bond donors (Lipinski definition) is 1. The summed E-state index contributed by atoms with van der Waals surface area (Å²) in [4.78, 5) is 46.9. The Labute approximate surface area is 169 Å². The van der Waals surface area contributed by atoms with Gasteiger partial charge in [-0.2, -0.15) is 0 Å². The lowest BCUT2D eigenvalue weighted by molar-refractivity contribution is -0.114. The number of carbonyl (C=O) groups excluding carboxylic acids is 3. The Kier molecular flexibility index (Phi) is 5.19. The maximum absolute atomic E-state index is 12.8. The zero-order chi connectivity index (χ0) is 19.7. The summed E-state index contributed by atoms with van der Waals surface area (Å²) >= 11 is 2.65. The lowest BCUT2D eigenvalue weighted by atomic mass is 9.92. The molecule has 1 saturated heterocycles. The van der Waals surface area contributed by atoms with Gasteiger partial charge in [-0.1, -0.05) is 12.1 Å². The number of ketones is 1. The first-order valence-corrected chi connectivity index (χ1v) is 10.6. The van der Waals surface area contributed by atoms with Crippen molar-refractivity contribution in [2.45, 2.75) is 19.8 Å². The van der Waals surface area contributed by atoms with E-state index in [9.17, 15) is 14.4 Å². The fourth-order valence-electron chi connectivity index (χ4n) is 3.24. The Morgan fingerprint density at radius 1 is 1.14 bits per heavy atom. The van der Waals surface area contributed by atoms with E-state index in [1.807, 2.05) is 24.3 Å². The van der Waals surface area contributed by atoms with Crippen LogP contribution in [0.2, 0.25) is 0 Å². The topological polar surface area (TPSA) is 92.3 Å². The number of rotatable bonds is 4. The third kappa shape index (κ3) is 3.81. The number of anilines is 1. The molecule has 4 rings (SSSR count). The molecule has 1 aliphatic heterocycles. The van der Waals surface area contributed by atoms with Crippen molar-refractivity contribution in [2.75, 3.05) is 18.4 Å². The number of fused-ring (bicyclic) bond motifs is 1. The number of thiazole rings is 2. The first kappa shape index (κ1) is 18.7. The monoisotopic (exact) mass is 414 g/mol. The Hall–Kier alpha value is -2.65. The number of aromatic nitrogens is 2. The molecule has 1 aromatic carbocycles. The van der Waals surface area contributed by atoms with Crippen LogP contribution in [0.3, 0.4) is 0 Å². The molecule has 1 aliphatic rings. The van der Waals surface area contributed by atoms with Crippen molar-refractivity contribution in [2.24, 2.45) is 5.92 Å². The van der Waals surface area contributed by atoms with Crippen molar-refractivity contribution in [1.29, 1.82) is 0 Å². The number of Topliss-reactive ketones (excluding diaryl/α,β-unsaturated/α-hetero) is 1. The van der Waals surface area contributed by atoms with Crippen molar-refractivity contribution >= 4 is 55.6 Å². The molecule has 2 aromatic heterocycles. The number of benzene rings is 1. The summed E-state index contributed by atoms with van der Waals surface area (Å²) in [5.41, 5.74) is 1.17. The zero-order valence-electron chi connectivity index (χ0n) is 15.2. The van der Waals surface area contributed by atoms with Gasteiger partial charge in [0.1, 0.15) is 5.69 Å². The van der Waals surface area contributed by atoms with Crippen molar-refractivity contribution in [3.8, 4) is 0 Å². The molecule has 2 amide bonds. The van der Waals surface area contributed by atoms with Crippen molar-refractivity contribution < 1.29 is 14.4 Å². The number of piperidine rings is 1. The average molecular weight is 415 g/mol. The minimum absolute atomic E-state index is 0.0647. The number of likely N-dealkylation sites (tertiary alicyclic amines) is 1. The summed E-state index contributed by atoms with van der Waals surface area (Å²) in [6.07, 6.45) is 1.23. The van der Waals surface area contributed by atoms with E-state index in [-0.39, 0.29) is 23.5 Å². The van der Waals surface area contributed by atoms with Crippen molar-refractivity contribution in [1.82, 2.24) is 14.9 Å². The smallest absolute Gasteiger partial charge is 0.273 e. The van der Waals surface area contributed by atoms with Gasteiger partial charge in [-0.05, 0) is 25.0 Å². The number of carbonyl (C=O) groups is 3. The van der Waals surface area contributed by atoms with E-state index in [2.05, 4.69) is 15.3 Å². The highest BCUT2D eigenvalue weighted by Crippen LogP contribution is 2.28. The largest absolute Gasteiger partial charge is 0.337 e. The summed E-state index contributed by atoms with van der Waals surface area (Å²) in [6, 6.07) is 7.73. The van der Waals surface area contributed by atoms with E-state index in [4.69, 9.17) is 0 Å². The first-order valence-electron chi connectivity index (χ1n) is 8.93. The average Bonchev–Trinajstić information content (AvgIpc) is 3.33. The van der Waals surface area contributed by atoms with Gasteiger partial charge in [0.2, 0.25) is 5.91 Å². The van der Waals surface area contributed by atoms with E-state index in [0.717, 1.165) is 10.2 Å². The van der Waals surface area contributed by atoms with Crippen molar-refractivity contribution in [3.05, 3.63) is 40.3 Å². The molecule has 3 heterocycles. The van der Waals surface area contributed by atoms with Crippen LogP contribution in [0, 0.1) is 5.92 Å². The molecule has 0 aliphatic carbocycles. The van der Waals surface area contributed by atoms with Gasteiger partial charge in [-0.15, -0.1) is 22.7 Å². The third-order valence-electron chi connectivity index (χ3n) is 4.66. The standard InChI is InChI=1S/C19H18N4O3S2/c1-11(24)20-19-22-14(10-27-19)18(26)23-8-6-12(7-9-23)16(25)17-21-13-4-2-3-5-15(13)28-17/h2-5,10,12H,6-9H2,1H3,(H,20,22,24). The molecule has 28 heavy (non-hydrogen) atoms. The number of nitrogens with zero attached hydrogens (tertiary/aromatic N) is 3. The van der Waals surface area contributed by atoms with Crippen LogP contribution in [-0.4, -0.2) is 45.6 Å². The highest BCUT2D eigenvalue weighted by Gasteiger charge is 2.30. The first-order chi connectivity index (χ1) is 13.5. The number of hydrogen-bond acceptors (Lipinski definition) is 7. The minimum Gasteiger partial charge on any atom is -0.337 e. The Morgan fingerprint density at radius 3 is 2.61 bits per heavy atom. The molecule has 1 fully saturated rings. The molecule has 3 aromatic rings. The molecule has 0 radical (unpaired) electrons. The van der Waals surface area contributed by atoms with E-state index in [1.54, 1.807) is 10.3 Å². The lowest BCUT2D eigenvalue weighted by Crippen LogP contribution is -2.40. The SMILES string of the molecule is CC(=O)Nc1nc(C(=O)N2CCC(C(=O)c3nc4ccccc4s3)CC2)cs1. The molecule has 7 nitrogen and oxygen atoms in total. The molecule has 144 valence electrons. The van der Waals surface area contributed by atoms with Gasteiger partial charge in [0.15, 0.2) is 15.9 Å². The van der Waals surface area contributed by atoms with Crippen LogP contribution in [0.5, 0.6) is 0 Å². The van der Waals surface area contributed by atoms with Crippen LogP contribution in [0.15, 0.2) is 29.6 Å². The fraction of sp³-hybridized carbons (Fsp3) is 0.316. The molecule has 0 bridgehead atoms. The predicted octanol–water partition coefficient (Wildman–Crippen LogP) is 3.45. The van der Waals surface area contributed by atoms with Gasteiger partial charge in [-0.3, -0.25) is 14.4 Å². The highest BCUT2D eigenvalue weighted by molar-refractivity contribution is 7.20. The molecule has 9 heteroatoms. The van der Waals surface area contributed by atoms with Crippen LogP contribution in [0.1, 0.15) is 40.1 Å². The van der Waals surface area contributed by atoms with Gasteiger partial charge >= 0.3 is 0 Å². The maximum Gasteiger partial charge on any atom is 0.273 e. The second-order valence-electron chi connectivity index (χ2n) is 6.64. The van der Waals surface area contributed by atoms with E-state index < -0.39 is 0 Å². The Morgan fingerprint density at radius 2 is 1.89 bits per heavy atom. The predicted molar refractivity (Wildman–Crippen MR) is 109 cm³/mol. The van der Waals surface area contributed by atoms with E-state index in [0.29, 0.717) is 41.8 Å². The van der Waals surface area contributed by atoms with Crippen LogP contribution >= 0.6 is 22.7 Å². The molecule has 0 atom stereocenters. The third-order valence-corrected chi connectivity index (χ3v) is 6.47. The number of nitrogens with one attached hydrogen (secondary N) is 1. The minimum atomic E-state index is -0.220. The number of para-hydroxylation sites is 1.